The molecule has 0 N–H and O–H groups in total. The maximum Gasteiger partial charge on any atom is 0.135 e. The molecular weight excluding hydrogens is 216 g/mol. The molecule has 1 fully saturated rings. The lowest BCUT2D eigenvalue weighted by Gasteiger charge is -2.37. The van der Waals surface area contributed by atoms with E-state index in [-0.39, 0.29) is 0 Å². The Morgan fingerprint density at radius 3 is 2.53 bits per heavy atom. The van der Waals surface area contributed by atoms with Crippen molar-refractivity contribution in [2.24, 2.45) is 0 Å². The van der Waals surface area contributed by atoms with Crippen molar-refractivity contribution in [3.05, 3.63) is 29.3 Å². The molecule has 1 heterocycles. The van der Waals surface area contributed by atoms with Crippen LogP contribution >= 0.6 is 0 Å². The van der Waals surface area contributed by atoms with Crippen LogP contribution in [0.5, 0.6) is 5.75 Å². The van der Waals surface area contributed by atoms with E-state index in [4.69, 9.17) is 9.47 Å². The summed E-state index contributed by atoms with van der Waals surface area (Å²) in [6.07, 6.45) is 1.00. The number of hydrogen-bond acceptors (Lipinski definition) is 3. The van der Waals surface area contributed by atoms with Crippen LogP contribution in [0.3, 0.4) is 0 Å². The number of rotatable bonds is 4. The van der Waals surface area contributed by atoms with Gasteiger partial charge in [-0.05, 0) is 23.1 Å². The van der Waals surface area contributed by atoms with Crippen molar-refractivity contribution in [1.29, 1.82) is 0 Å². The molecule has 0 aliphatic carbocycles. The van der Waals surface area contributed by atoms with Crippen LogP contribution in [0.2, 0.25) is 0 Å². The van der Waals surface area contributed by atoms with Crippen LogP contribution in [0.1, 0.15) is 30.9 Å². The molecule has 17 heavy (non-hydrogen) atoms. The van der Waals surface area contributed by atoms with Crippen molar-refractivity contribution in [2.45, 2.75) is 25.2 Å². The van der Waals surface area contributed by atoms with Gasteiger partial charge in [-0.25, -0.2) is 0 Å². The highest BCUT2D eigenvalue weighted by atomic mass is 16.5. The average Bonchev–Trinajstić information content (AvgIpc) is 2.28. The molecule has 1 aliphatic heterocycles. The number of hydrogen-bond donors (Lipinski definition) is 0. The second-order valence-electron chi connectivity index (χ2n) is 4.88. The zero-order valence-electron chi connectivity index (χ0n) is 10.5. The van der Waals surface area contributed by atoms with E-state index in [1.165, 1.54) is 0 Å². The molecule has 0 radical (unpaired) electrons. The molecule has 0 spiro atoms. The summed E-state index contributed by atoms with van der Waals surface area (Å²) >= 11 is 0. The molecule has 0 saturated carbocycles. The normalized spacial score (nSPS) is 17.6. The van der Waals surface area contributed by atoms with Crippen LogP contribution < -0.4 is 4.74 Å². The molecule has 0 bridgehead atoms. The van der Waals surface area contributed by atoms with Gasteiger partial charge in [-0.1, -0.05) is 26.0 Å². The summed E-state index contributed by atoms with van der Waals surface area (Å²) in [6.45, 7) is 5.21. The van der Waals surface area contributed by atoms with Crippen LogP contribution in [0.15, 0.2) is 18.2 Å². The molecule has 0 aromatic heterocycles. The molecule has 1 saturated heterocycles. The third-order valence-corrected chi connectivity index (χ3v) is 3.37. The highest BCUT2D eigenvalue weighted by molar-refractivity contribution is 5.71. The maximum absolute atomic E-state index is 11.2. The van der Waals surface area contributed by atoms with Crippen molar-refractivity contribution in [3.8, 4) is 5.75 Å². The number of methoxy groups -OCH3 is 1. The average molecular weight is 234 g/mol. The van der Waals surface area contributed by atoms with E-state index in [1.807, 2.05) is 12.1 Å². The second kappa shape index (κ2) is 4.49. The quantitative estimate of drug-likeness (QED) is 0.750. The molecule has 3 nitrogen and oxygen atoms in total. The maximum atomic E-state index is 11.2. The molecule has 1 aromatic rings. The predicted octanol–water partition coefficient (Wildman–Crippen LogP) is 2.29. The van der Waals surface area contributed by atoms with Gasteiger partial charge in [-0.3, -0.25) is 0 Å². The van der Waals surface area contributed by atoms with Gasteiger partial charge in [-0.15, -0.1) is 0 Å². The van der Waals surface area contributed by atoms with Crippen LogP contribution in [-0.2, 0) is 14.9 Å². The summed E-state index contributed by atoms with van der Waals surface area (Å²) in [7, 11) is 1.67. The van der Waals surface area contributed by atoms with Crippen molar-refractivity contribution in [2.75, 3.05) is 20.3 Å². The smallest absolute Gasteiger partial charge is 0.135 e. The van der Waals surface area contributed by atoms with Gasteiger partial charge >= 0.3 is 0 Å². The summed E-state index contributed by atoms with van der Waals surface area (Å²) in [6, 6.07) is 5.97. The van der Waals surface area contributed by atoms with Gasteiger partial charge < -0.3 is 14.3 Å². The summed E-state index contributed by atoms with van der Waals surface area (Å²) in [4.78, 5) is 11.2. The first-order valence-electron chi connectivity index (χ1n) is 5.85. The lowest BCUT2D eigenvalue weighted by atomic mass is 9.79. The molecular formula is C14H18O3. The Bertz CT molecular complexity index is 419. The van der Waals surface area contributed by atoms with Gasteiger partial charge in [0.05, 0.1) is 25.7 Å². The van der Waals surface area contributed by atoms with Gasteiger partial charge in [0.25, 0.3) is 0 Å². The van der Waals surface area contributed by atoms with Crippen molar-refractivity contribution >= 4 is 6.29 Å². The van der Waals surface area contributed by atoms with Crippen molar-refractivity contribution in [1.82, 2.24) is 0 Å². The van der Waals surface area contributed by atoms with E-state index in [0.717, 1.165) is 23.2 Å². The third-order valence-electron chi connectivity index (χ3n) is 3.37. The van der Waals surface area contributed by atoms with Crippen LogP contribution in [0.25, 0.3) is 0 Å². The standard InChI is InChI=1S/C14H18O3/c1-10(2)12-6-11(4-5-13(12)16-3)14(7-15)8-17-9-14/h4-7,10H,8-9H2,1-3H3. The largest absolute Gasteiger partial charge is 0.496 e. The van der Waals surface area contributed by atoms with Gasteiger partial charge in [0.15, 0.2) is 0 Å². The SMILES string of the molecule is COc1ccc(C2(C=O)COC2)cc1C(C)C. The zero-order valence-corrected chi connectivity index (χ0v) is 10.5. The zero-order chi connectivity index (χ0) is 12.5. The van der Waals surface area contributed by atoms with E-state index in [0.29, 0.717) is 19.1 Å². The summed E-state index contributed by atoms with van der Waals surface area (Å²) in [5.41, 5.74) is 1.73. The van der Waals surface area contributed by atoms with Crippen LogP contribution in [0.4, 0.5) is 0 Å². The first-order valence-corrected chi connectivity index (χ1v) is 5.85. The van der Waals surface area contributed by atoms with Crippen molar-refractivity contribution in [3.63, 3.8) is 0 Å². The Labute approximate surface area is 102 Å². The monoisotopic (exact) mass is 234 g/mol. The van der Waals surface area contributed by atoms with Gasteiger partial charge in [0, 0.05) is 0 Å². The first-order chi connectivity index (χ1) is 8.13. The Morgan fingerprint density at radius 2 is 2.12 bits per heavy atom. The van der Waals surface area contributed by atoms with E-state index >= 15 is 0 Å². The lowest BCUT2D eigenvalue weighted by Crippen LogP contribution is -2.48. The fourth-order valence-corrected chi connectivity index (χ4v) is 2.12. The molecule has 0 atom stereocenters. The summed E-state index contributed by atoms with van der Waals surface area (Å²) in [5.74, 6) is 1.25. The Kier molecular flexibility index (Phi) is 3.20. The van der Waals surface area contributed by atoms with Gasteiger partial charge in [0.2, 0.25) is 0 Å². The highest BCUT2D eigenvalue weighted by Gasteiger charge is 2.40. The fourth-order valence-electron chi connectivity index (χ4n) is 2.12. The van der Waals surface area contributed by atoms with Gasteiger partial charge in [0.1, 0.15) is 12.0 Å². The lowest BCUT2D eigenvalue weighted by molar-refractivity contribution is -0.129. The Balaban J connectivity index is 2.43. The molecule has 3 heteroatoms. The fraction of sp³-hybridized carbons (Fsp3) is 0.500. The molecule has 0 unspecified atom stereocenters. The minimum atomic E-state index is -0.435. The van der Waals surface area contributed by atoms with Crippen LogP contribution in [0, 0.1) is 0 Å². The Hall–Kier alpha value is -1.35. The third kappa shape index (κ3) is 1.95. The summed E-state index contributed by atoms with van der Waals surface area (Å²) in [5, 5.41) is 0. The van der Waals surface area contributed by atoms with E-state index in [2.05, 4.69) is 19.9 Å². The van der Waals surface area contributed by atoms with Crippen molar-refractivity contribution < 1.29 is 14.3 Å². The molecule has 2 rings (SSSR count). The number of aldehydes is 1. The first kappa shape index (κ1) is 12.1. The molecule has 1 aromatic carbocycles. The minimum Gasteiger partial charge on any atom is -0.496 e. The number of carbonyl (C=O) groups excluding carboxylic acids is 1. The number of benzene rings is 1. The van der Waals surface area contributed by atoms with Crippen LogP contribution in [-0.4, -0.2) is 26.6 Å². The predicted molar refractivity (Wildman–Crippen MR) is 65.6 cm³/mol. The number of carbonyl (C=O) groups is 1. The molecule has 92 valence electrons. The number of ether oxygens (including phenoxy) is 2. The molecule has 1 aliphatic rings. The van der Waals surface area contributed by atoms with E-state index < -0.39 is 5.41 Å². The molecule has 0 amide bonds. The second-order valence-corrected chi connectivity index (χ2v) is 4.88. The topological polar surface area (TPSA) is 35.5 Å². The summed E-state index contributed by atoms with van der Waals surface area (Å²) < 4.78 is 10.5. The van der Waals surface area contributed by atoms with E-state index in [1.54, 1.807) is 7.11 Å². The highest BCUT2D eigenvalue weighted by Crippen LogP contribution is 2.35. The minimum absolute atomic E-state index is 0.370. The van der Waals surface area contributed by atoms with E-state index in [9.17, 15) is 4.79 Å². The van der Waals surface area contributed by atoms with Gasteiger partial charge in [-0.2, -0.15) is 0 Å². The Morgan fingerprint density at radius 1 is 1.41 bits per heavy atom.